The molecule has 0 bridgehead atoms. The zero-order valence-electron chi connectivity index (χ0n) is 6.75. The Morgan fingerprint density at radius 3 is 2.43 bits per heavy atom. The number of rotatable bonds is 1. The van der Waals surface area contributed by atoms with Crippen molar-refractivity contribution in [1.82, 2.24) is 0 Å². The van der Waals surface area contributed by atoms with E-state index >= 15 is 0 Å². The van der Waals surface area contributed by atoms with Crippen molar-refractivity contribution in [3.05, 3.63) is 29.8 Å². The molecule has 0 saturated heterocycles. The third kappa shape index (κ3) is 2.25. The summed E-state index contributed by atoms with van der Waals surface area (Å²) in [5.41, 5.74) is -0.376. The maximum Gasteiger partial charge on any atom is 0.394 e. The molecule has 0 atom stereocenters. The fourth-order valence-electron chi connectivity index (χ4n) is 0.767. The minimum atomic E-state index is -1.74. The standard InChI is InChI=1S/C8H5F2NO3/c9-4-1-2-6(5(10)3-4)11-7(12)8(13)14/h1-3H,(H,11,12)(H,13,14). The molecule has 0 aliphatic rings. The van der Waals surface area contributed by atoms with Gasteiger partial charge in [0, 0.05) is 6.07 Å². The van der Waals surface area contributed by atoms with Gasteiger partial charge in [0.25, 0.3) is 0 Å². The van der Waals surface area contributed by atoms with Crippen LogP contribution in [0.5, 0.6) is 0 Å². The van der Waals surface area contributed by atoms with Crippen LogP contribution < -0.4 is 5.32 Å². The number of nitrogens with one attached hydrogen (secondary N) is 1. The van der Waals surface area contributed by atoms with E-state index in [9.17, 15) is 18.4 Å². The van der Waals surface area contributed by atoms with Gasteiger partial charge in [-0.05, 0) is 12.1 Å². The first-order valence-electron chi connectivity index (χ1n) is 3.50. The smallest absolute Gasteiger partial charge is 0.394 e. The van der Waals surface area contributed by atoms with E-state index in [2.05, 4.69) is 0 Å². The predicted molar refractivity (Wildman–Crippen MR) is 42.6 cm³/mol. The van der Waals surface area contributed by atoms with Crippen LogP contribution >= 0.6 is 0 Å². The number of amides is 1. The molecule has 0 saturated carbocycles. The monoisotopic (exact) mass is 201 g/mol. The summed E-state index contributed by atoms with van der Waals surface area (Å²) in [6, 6.07) is 2.38. The van der Waals surface area contributed by atoms with Crippen LogP contribution in [0.25, 0.3) is 0 Å². The predicted octanol–water partition coefficient (Wildman–Crippen LogP) is 0.988. The summed E-state index contributed by atoms with van der Waals surface area (Å²) < 4.78 is 25.2. The highest BCUT2D eigenvalue weighted by atomic mass is 19.1. The Kier molecular flexibility index (Phi) is 2.76. The molecule has 0 aromatic heterocycles. The number of carbonyl (C=O) groups is 2. The van der Waals surface area contributed by atoms with Gasteiger partial charge in [-0.2, -0.15) is 0 Å². The van der Waals surface area contributed by atoms with E-state index in [1.54, 1.807) is 5.32 Å². The molecule has 0 unspecified atom stereocenters. The first kappa shape index (κ1) is 10.1. The Morgan fingerprint density at radius 2 is 1.93 bits per heavy atom. The lowest BCUT2D eigenvalue weighted by atomic mass is 10.3. The third-order valence-electron chi connectivity index (χ3n) is 1.37. The average Bonchev–Trinajstić information content (AvgIpc) is 2.09. The molecule has 0 fully saturated rings. The summed E-state index contributed by atoms with van der Waals surface area (Å²) in [6.07, 6.45) is 0. The van der Waals surface area contributed by atoms with E-state index in [-0.39, 0.29) is 5.69 Å². The molecule has 74 valence electrons. The van der Waals surface area contributed by atoms with Crippen LogP contribution in [0.3, 0.4) is 0 Å². The van der Waals surface area contributed by atoms with Gasteiger partial charge in [0.1, 0.15) is 11.6 Å². The summed E-state index contributed by atoms with van der Waals surface area (Å²) in [5.74, 6) is -4.96. The fourth-order valence-corrected chi connectivity index (χ4v) is 0.767. The van der Waals surface area contributed by atoms with Crippen LogP contribution in [0, 0.1) is 11.6 Å². The molecule has 1 aromatic carbocycles. The molecule has 14 heavy (non-hydrogen) atoms. The Hall–Kier alpha value is -1.98. The van der Waals surface area contributed by atoms with Crippen molar-refractivity contribution in [3.8, 4) is 0 Å². The van der Waals surface area contributed by atoms with Gasteiger partial charge in [0.2, 0.25) is 0 Å². The van der Waals surface area contributed by atoms with Crippen molar-refractivity contribution < 1.29 is 23.5 Å². The van der Waals surface area contributed by atoms with Crippen molar-refractivity contribution >= 4 is 17.6 Å². The van der Waals surface area contributed by atoms with E-state index in [0.717, 1.165) is 12.1 Å². The molecule has 0 heterocycles. The zero-order valence-corrected chi connectivity index (χ0v) is 6.75. The SMILES string of the molecule is O=C(O)C(=O)Nc1ccc(F)cc1F. The van der Waals surface area contributed by atoms with Gasteiger partial charge >= 0.3 is 11.9 Å². The minimum Gasteiger partial charge on any atom is -0.474 e. The Bertz CT molecular complexity index is 392. The number of anilines is 1. The number of carboxylic acid groups (broad SMARTS) is 1. The molecule has 0 radical (unpaired) electrons. The lowest BCUT2D eigenvalue weighted by Gasteiger charge is -2.02. The van der Waals surface area contributed by atoms with Gasteiger partial charge < -0.3 is 10.4 Å². The molecule has 6 heteroatoms. The molecule has 0 spiro atoms. The number of aliphatic carboxylic acids is 1. The maximum atomic E-state index is 12.8. The number of hydrogen-bond acceptors (Lipinski definition) is 2. The van der Waals surface area contributed by atoms with E-state index in [4.69, 9.17) is 5.11 Å². The second-order valence-corrected chi connectivity index (χ2v) is 2.38. The van der Waals surface area contributed by atoms with E-state index in [0.29, 0.717) is 6.07 Å². The molecular formula is C8H5F2NO3. The number of benzene rings is 1. The highest BCUT2D eigenvalue weighted by molar-refractivity contribution is 6.36. The number of carboxylic acids is 1. The van der Waals surface area contributed by atoms with Gasteiger partial charge in [0.15, 0.2) is 0 Å². The number of hydrogen-bond donors (Lipinski definition) is 2. The quantitative estimate of drug-likeness (QED) is 0.666. The summed E-state index contributed by atoms with van der Waals surface area (Å²) in [6.45, 7) is 0. The lowest BCUT2D eigenvalue weighted by molar-refractivity contribution is -0.147. The molecule has 1 amide bonds. The van der Waals surface area contributed by atoms with E-state index in [1.807, 2.05) is 0 Å². The van der Waals surface area contributed by atoms with Crippen molar-refractivity contribution in [2.75, 3.05) is 5.32 Å². The summed E-state index contributed by atoms with van der Waals surface area (Å²) >= 11 is 0. The van der Waals surface area contributed by atoms with Crippen LogP contribution in [0.2, 0.25) is 0 Å². The van der Waals surface area contributed by atoms with Gasteiger partial charge in [-0.1, -0.05) is 0 Å². The van der Waals surface area contributed by atoms with Crippen molar-refractivity contribution in [2.45, 2.75) is 0 Å². The maximum absolute atomic E-state index is 12.8. The lowest BCUT2D eigenvalue weighted by Crippen LogP contribution is -2.22. The molecule has 2 N–H and O–H groups in total. The van der Waals surface area contributed by atoms with Crippen LogP contribution in [-0.4, -0.2) is 17.0 Å². The number of halogens is 2. The van der Waals surface area contributed by atoms with Crippen LogP contribution in [0.1, 0.15) is 0 Å². The first-order valence-corrected chi connectivity index (χ1v) is 3.50. The third-order valence-corrected chi connectivity index (χ3v) is 1.37. The first-order chi connectivity index (χ1) is 6.50. The average molecular weight is 201 g/mol. The van der Waals surface area contributed by atoms with E-state index in [1.165, 1.54) is 0 Å². The Balaban J connectivity index is 2.87. The van der Waals surface area contributed by atoms with Crippen molar-refractivity contribution in [1.29, 1.82) is 0 Å². The van der Waals surface area contributed by atoms with Crippen LogP contribution in [-0.2, 0) is 9.59 Å². The highest BCUT2D eigenvalue weighted by Gasteiger charge is 2.13. The summed E-state index contributed by atoms with van der Waals surface area (Å²) in [4.78, 5) is 20.7. The largest absolute Gasteiger partial charge is 0.474 e. The zero-order chi connectivity index (χ0) is 10.7. The molecule has 0 aliphatic heterocycles. The second kappa shape index (κ2) is 3.82. The Labute approximate surface area is 77.2 Å². The van der Waals surface area contributed by atoms with E-state index < -0.39 is 23.5 Å². The number of carbonyl (C=O) groups excluding carboxylic acids is 1. The molecule has 4 nitrogen and oxygen atoms in total. The summed E-state index contributed by atoms with van der Waals surface area (Å²) in [7, 11) is 0. The Morgan fingerprint density at radius 1 is 1.29 bits per heavy atom. The molecule has 0 aliphatic carbocycles. The molecular weight excluding hydrogens is 196 g/mol. The molecule has 1 aromatic rings. The minimum absolute atomic E-state index is 0.376. The second-order valence-electron chi connectivity index (χ2n) is 2.38. The van der Waals surface area contributed by atoms with Gasteiger partial charge in [0.05, 0.1) is 5.69 Å². The van der Waals surface area contributed by atoms with Gasteiger partial charge in [-0.3, -0.25) is 4.79 Å². The fraction of sp³-hybridized carbons (Fsp3) is 0. The van der Waals surface area contributed by atoms with Crippen molar-refractivity contribution in [3.63, 3.8) is 0 Å². The van der Waals surface area contributed by atoms with Crippen LogP contribution in [0.15, 0.2) is 18.2 Å². The highest BCUT2D eigenvalue weighted by Crippen LogP contribution is 2.14. The van der Waals surface area contributed by atoms with Crippen molar-refractivity contribution in [2.24, 2.45) is 0 Å². The summed E-state index contributed by atoms with van der Waals surface area (Å²) in [5, 5.41) is 9.94. The molecule has 1 rings (SSSR count). The topological polar surface area (TPSA) is 66.4 Å². The normalized spacial score (nSPS) is 9.57. The van der Waals surface area contributed by atoms with Gasteiger partial charge in [-0.15, -0.1) is 0 Å². The van der Waals surface area contributed by atoms with Crippen LogP contribution in [0.4, 0.5) is 14.5 Å². The van der Waals surface area contributed by atoms with Gasteiger partial charge in [-0.25, -0.2) is 13.6 Å².